The molecular weight excluding hydrogens is 318 g/mol. The van der Waals surface area contributed by atoms with Crippen molar-refractivity contribution in [2.45, 2.75) is 26.3 Å². The number of carbonyl (C=O) groups is 1. The second kappa shape index (κ2) is 6.84. The highest BCUT2D eigenvalue weighted by Gasteiger charge is 2.12. The smallest absolute Gasteiger partial charge is 0.408 e. The summed E-state index contributed by atoms with van der Waals surface area (Å²) in [4.78, 5) is 23.8. The van der Waals surface area contributed by atoms with Crippen LogP contribution in [0, 0.1) is 6.92 Å². The number of rotatable bonds is 5. The van der Waals surface area contributed by atoms with E-state index in [1.807, 2.05) is 50.2 Å². The summed E-state index contributed by atoms with van der Waals surface area (Å²) in [6.45, 7) is 3.89. The number of benzene rings is 2. The second-order valence-electron chi connectivity index (χ2n) is 6.22. The molecule has 1 unspecified atom stereocenters. The maximum atomic E-state index is 12.2. The van der Waals surface area contributed by atoms with Crippen LogP contribution in [0.25, 0.3) is 11.1 Å². The van der Waals surface area contributed by atoms with Crippen molar-refractivity contribution in [1.82, 2.24) is 4.57 Å². The Morgan fingerprint density at radius 3 is 2.76 bits per heavy atom. The highest BCUT2D eigenvalue weighted by Crippen LogP contribution is 2.19. The standard InChI is InChI=1S/C19H21N3O3/c1-12-6-4-5-7-15(12)21-18(23)10-13(2)20-14-8-9-16-17(11-14)25-19(24)22(16)3/h4-9,11,13,20H,10H2,1-3H3,(H,21,23). The molecule has 1 atom stereocenters. The highest BCUT2D eigenvalue weighted by atomic mass is 16.4. The molecule has 0 aliphatic carbocycles. The summed E-state index contributed by atoms with van der Waals surface area (Å²) in [5.74, 6) is -0.445. The minimum absolute atomic E-state index is 0.0541. The van der Waals surface area contributed by atoms with Gasteiger partial charge in [0.05, 0.1) is 5.52 Å². The number of fused-ring (bicyclic) bond motifs is 1. The molecule has 0 aliphatic heterocycles. The van der Waals surface area contributed by atoms with Crippen LogP contribution in [0.5, 0.6) is 0 Å². The Kier molecular flexibility index (Phi) is 4.61. The average molecular weight is 339 g/mol. The molecule has 2 aromatic carbocycles. The number of aryl methyl sites for hydroxylation is 2. The Labute approximate surface area is 145 Å². The van der Waals surface area contributed by atoms with Crippen molar-refractivity contribution in [2.75, 3.05) is 10.6 Å². The maximum Gasteiger partial charge on any atom is 0.419 e. The van der Waals surface area contributed by atoms with E-state index in [-0.39, 0.29) is 11.9 Å². The van der Waals surface area contributed by atoms with Crippen molar-refractivity contribution < 1.29 is 9.21 Å². The lowest BCUT2D eigenvalue weighted by Crippen LogP contribution is -2.24. The van der Waals surface area contributed by atoms with Gasteiger partial charge in [0.1, 0.15) is 0 Å². The number of hydrogen-bond acceptors (Lipinski definition) is 4. The monoisotopic (exact) mass is 339 g/mol. The molecular formula is C19H21N3O3. The topological polar surface area (TPSA) is 76.3 Å². The summed E-state index contributed by atoms with van der Waals surface area (Å²) < 4.78 is 6.64. The van der Waals surface area contributed by atoms with Crippen LogP contribution < -0.4 is 16.4 Å². The molecule has 0 fully saturated rings. The normalized spacial score (nSPS) is 12.1. The first kappa shape index (κ1) is 16.8. The third kappa shape index (κ3) is 3.74. The van der Waals surface area contributed by atoms with Crippen molar-refractivity contribution >= 4 is 28.4 Å². The molecule has 1 heterocycles. The van der Waals surface area contributed by atoms with E-state index in [4.69, 9.17) is 4.42 Å². The fraction of sp³-hybridized carbons (Fsp3) is 0.263. The molecule has 3 aromatic rings. The lowest BCUT2D eigenvalue weighted by Gasteiger charge is -2.15. The van der Waals surface area contributed by atoms with E-state index in [0.29, 0.717) is 12.0 Å². The summed E-state index contributed by atoms with van der Waals surface area (Å²) in [5.41, 5.74) is 3.92. The lowest BCUT2D eigenvalue weighted by atomic mass is 10.1. The fourth-order valence-electron chi connectivity index (χ4n) is 2.75. The fourth-order valence-corrected chi connectivity index (χ4v) is 2.75. The number of anilines is 2. The van der Waals surface area contributed by atoms with Crippen LogP contribution in [-0.4, -0.2) is 16.5 Å². The number of para-hydroxylation sites is 1. The molecule has 6 nitrogen and oxygen atoms in total. The number of amides is 1. The first-order chi connectivity index (χ1) is 11.9. The first-order valence-corrected chi connectivity index (χ1v) is 8.15. The zero-order valence-corrected chi connectivity index (χ0v) is 14.5. The molecule has 2 N–H and O–H groups in total. The zero-order valence-electron chi connectivity index (χ0n) is 14.5. The quantitative estimate of drug-likeness (QED) is 0.748. The van der Waals surface area contributed by atoms with Crippen LogP contribution >= 0.6 is 0 Å². The number of oxazole rings is 1. The van der Waals surface area contributed by atoms with Crippen molar-refractivity contribution in [3.05, 3.63) is 58.6 Å². The Morgan fingerprint density at radius 2 is 2.00 bits per heavy atom. The summed E-state index contributed by atoms with van der Waals surface area (Å²) >= 11 is 0. The van der Waals surface area contributed by atoms with Gasteiger partial charge in [0.25, 0.3) is 0 Å². The summed E-state index contributed by atoms with van der Waals surface area (Å²) in [5, 5.41) is 6.19. The summed E-state index contributed by atoms with van der Waals surface area (Å²) in [6.07, 6.45) is 0.325. The van der Waals surface area contributed by atoms with Gasteiger partial charge in [-0.15, -0.1) is 0 Å². The van der Waals surface area contributed by atoms with Gasteiger partial charge in [-0.25, -0.2) is 4.79 Å². The van der Waals surface area contributed by atoms with Crippen LogP contribution in [0.3, 0.4) is 0 Å². The van der Waals surface area contributed by atoms with Gasteiger partial charge in [-0.2, -0.15) is 0 Å². The Morgan fingerprint density at radius 1 is 1.24 bits per heavy atom. The predicted octanol–water partition coefficient (Wildman–Crippen LogP) is 3.27. The highest BCUT2D eigenvalue weighted by molar-refractivity contribution is 5.92. The number of aromatic nitrogens is 1. The first-order valence-electron chi connectivity index (χ1n) is 8.15. The molecule has 0 aliphatic rings. The van der Waals surface area contributed by atoms with E-state index >= 15 is 0 Å². The Hall–Kier alpha value is -3.02. The Balaban J connectivity index is 1.64. The molecule has 0 saturated heterocycles. The molecule has 130 valence electrons. The van der Waals surface area contributed by atoms with Gasteiger partial charge in [0.2, 0.25) is 5.91 Å². The molecule has 0 radical (unpaired) electrons. The molecule has 1 amide bonds. The summed E-state index contributed by atoms with van der Waals surface area (Å²) in [7, 11) is 1.67. The molecule has 3 rings (SSSR count). The SMILES string of the molecule is Cc1ccccc1NC(=O)CC(C)Nc1ccc2c(c1)oc(=O)n2C. The van der Waals surface area contributed by atoms with E-state index in [1.54, 1.807) is 13.1 Å². The largest absolute Gasteiger partial charge is 0.419 e. The number of carbonyl (C=O) groups excluding carboxylic acids is 1. The minimum Gasteiger partial charge on any atom is -0.408 e. The Bertz CT molecular complexity index is 971. The van der Waals surface area contributed by atoms with Gasteiger partial charge < -0.3 is 15.1 Å². The van der Waals surface area contributed by atoms with Gasteiger partial charge in [0, 0.05) is 37.0 Å². The molecule has 0 bridgehead atoms. The maximum absolute atomic E-state index is 12.2. The number of hydrogen-bond donors (Lipinski definition) is 2. The second-order valence-corrected chi connectivity index (χ2v) is 6.22. The van der Waals surface area contributed by atoms with Gasteiger partial charge >= 0.3 is 5.76 Å². The number of nitrogens with zero attached hydrogens (tertiary/aromatic N) is 1. The van der Waals surface area contributed by atoms with Gasteiger partial charge in [-0.3, -0.25) is 9.36 Å². The van der Waals surface area contributed by atoms with Crippen molar-refractivity contribution in [1.29, 1.82) is 0 Å². The van der Waals surface area contributed by atoms with Crippen molar-refractivity contribution in [3.8, 4) is 0 Å². The van der Waals surface area contributed by atoms with Crippen LogP contribution in [0.15, 0.2) is 51.7 Å². The van der Waals surface area contributed by atoms with E-state index in [0.717, 1.165) is 22.5 Å². The van der Waals surface area contributed by atoms with Gasteiger partial charge in [0.15, 0.2) is 5.58 Å². The van der Waals surface area contributed by atoms with Crippen LogP contribution in [-0.2, 0) is 11.8 Å². The van der Waals surface area contributed by atoms with Crippen LogP contribution in [0.4, 0.5) is 11.4 Å². The average Bonchev–Trinajstić information content (AvgIpc) is 2.83. The molecule has 1 aromatic heterocycles. The van der Waals surface area contributed by atoms with Crippen molar-refractivity contribution in [3.63, 3.8) is 0 Å². The third-order valence-electron chi connectivity index (χ3n) is 4.12. The van der Waals surface area contributed by atoms with E-state index < -0.39 is 5.76 Å². The van der Waals surface area contributed by atoms with Gasteiger partial charge in [-0.05, 0) is 37.6 Å². The van der Waals surface area contributed by atoms with Crippen LogP contribution in [0.1, 0.15) is 18.9 Å². The van der Waals surface area contributed by atoms with Gasteiger partial charge in [-0.1, -0.05) is 18.2 Å². The molecule has 25 heavy (non-hydrogen) atoms. The van der Waals surface area contributed by atoms with E-state index in [9.17, 15) is 9.59 Å². The molecule has 0 spiro atoms. The van der Waals surface area contributed by atoms with Crippen LogP contribution in [0.2, 0.25) is 0 Å². The minimum atomic E-state index is -0.391. The molecule has 6 heteroatoms. The van der Waals surface area contributed by atoms with E-state index in [2.05, 4.69) is 10.6 Å². The zero-order chi connectivity index (χ0) is 18.0. The van der Waals surface area contributed by atoms with E-state index in [1.165, 1.54) is 4.57 Å². The predicted molar refractivity (Wildman–Crippen MR) is 99.0 cm³/mol. The molecule has 0 saturated carbocycles. The lowest BCUT2D eigenvalue weighted by molar-refractivity contribution is -0.116. The number of nitrogens with one attached hydrogen (secondary N) is 2. The summed E-state index contributed by atoms with van der Waals surface area (Å²) in [6, 6.07) is 13.1. The third-order valence-corrected chi connectivity index (χ3v) is 4.12. The van der Waals surface area contributed by atoms with Crippen molar-refractivity contribution in [2.24, 2.45) is 7.05 Å².